The summed E-state index contributed by atoms with van der Waals surface area (Å²) in [7, 11) is 0. The number of hydrogen-bond donors (Lipinski definition) is 4. The molecule has 302 valence electrons. The molecule has 0 spiro atoms. The Balaban J connectivity index is 1.22. The lowest BCUT2D eigenvalue weighted by atomic mass is 9.79. The second kappa shape index (κ2) is 18.4. The van der Waals surface area contributed by atoms with Crippen molar-refractivity contribution >= 4 is 39.8 Å². The Kier molecular flexibility index (Phi) is 13.9. The van der Waals surface area contributed by atoms with Crippen LogP contribution in [0, 0.1) is 11.8 Å². The number of nitrogens with one attached hydrogen (secondary N) is 3. The van der Waals surface area contributed by atoms with Gasteiger partial charge in [-0.3, -0.25) is 0 Å². The van der Waals surface area contributed by atoms with E-state index in [9.17, 15) is 5.11 Å². The summed E-state index contributed by atoms with van der Waals surface area (Å²) in [6, 6.07) is 39.0. The van der Waals surface area contributed by atoms with Crippen molar-refractivity contribution in [3.8, 4) is 5.75 Å². The van der Waals surface area contributed by atoms with Crippen LogP contribution in [0.1, 0.15) is 111 Å². The standard InChI is InChI=1S/C52H68N4O/c1-35(2)29-37(5)31-39-13-15-42(16-14-39)53-43-17-19-44(20-18-43)54-45-21-23-46(24-22-45)55-47-25-27-48(28-26-47)56(38(6)30-36(3)4)34-40-32-41(51(7,8)9)33-49(50(40)57)52(10,11)12/h13-28,32-33,36-38,53-55,57H,1,29-31,34H2,2-12H3. The Morgan fingerprint density at radius 2 is 1.05 bits per heavy atom. The summed E-state index contributed by atoms with van der Waals surface area (Å²) in [5.41, 5.74) is 13.0. The summed E-state index contributed by atoms with van der Waals surface area (Å²) < 4.78 is 0. The molecule has 0 saturated heterocycles. The summed E-state index contributed by atoms with van der Waals surface area (Å²) in [5, 5.41) is 22.3. The fourth-order valence-corrected chi connectivity index (χ4v) is 7.62. The predicted octanol–water partition coefficient (Wildman–Crippen LogP) is 14.8. The molecule has 5 aromatic carbocycles. The zero-order valence-corrected chi connectivity index (χ0v) is 36.6. The number of phenols is 1. The van der Waals surface area contributed by atoms with Crippen LogP contribution in [0.2, 0.25) is 0 Å². The fraction of sp³-hybridized carbons (Fsp3) is 0.385. The number of hydrogen-bond acceptors (Lipinski definition) is 5. The SMILES string of the molecule is C=C(C)CC(C)Cc1ccc(Nc2ccc(Nc3ccc(Nc4ccc(N(Cc5cc(C(C)(C)C)cc(C(C)(C)C)c5O)C(C)CC(C)C)cc4)cc3)cc2)cc1. The number of anilines is 7. The van der Waals surface area contributed by atoms with Gasteiger partial charge >= 0.3 is 0 Å². The molecule has 5 heteroatoms. The van der Waals surface area contributed by atoms with E-state index in [1.165, 1.54) is 16.7 Å². The Labute approximate surface area is 344 Å². The van der Waals surface area contributed by atoms with E-state index in [4.69, 9.17) is 0 Å². The number of rotatable bonds is 16. The summed E-state index contributed by atoms with van der Waals surface area (Å²) in [4.78, 5) is 2.45. The van der Waals surface area contributed by atoms with Crippen molar-refractivity contribution < 1.29 is 5.11 Å². The highest BCUT2D eigenvalue weighted by Gasteiger charge is 2.27. The van der Waals surface area contributed by atoms with Crippen molar-refractivity contribution in [3.05, 3.63) is 144 Å². The van der Waals surface area contributed by atoms with Gasteiger partial charge in [-0.2, -0.15) is 0 Å². The van der Waals surface area contributed by atoms with Gasteiger partial charge in [0.15, 0.2) is 0 Å². The van der Waals surface area contributed by atoms with E-state index in [1.54, 1.807) is 0 Å². The van der Waals surface area contributed by atoms with Gasteiger partial charge in [0.05, 0.1) is 0 Å². The number of allylic oxidation sites excluding steroid dienone is 1. The van der Waals surface area contributed by atoms with E-state index in [1.807, 2.05) is 0 Å². The first-order chi connectivity index (χ1) is 26.8. The molecular formula is C52H68N4O. The van der Waals surface area contributed by atoms with Crippen molar-refractivity contribution in [1.29, 1.82) is 0 Å². The monoisotopic (exact) mass is 765 g/mol. The van der Waals surface area contributed by atoms with Crippen molar-refractivity contribution in [2.24, 2.45) is 11.8 Å². The molecule has 0 fully saturated rings. The van der Waals surface area contributed by atoms with E-state index < -0.39 is 0 Å². The number of benzene rings is 5. The number of nitrogens with zero attached hydrogens (tertiary/aromatic N) is 1. The highest BCUT2D eigenvalue weighted by molar-refractivity contribution is 5.69. The van der Waals surface area contributed by atoms with Gasteiger partial charge in [0, 0.05) is 58.0 Å². The lowest BCUT2D eigenvalue weighted by Crippen LogP contribution is -2.34. The van der Waals surface area contributed by atoms with Crippen LogP contribution in [-0.2, 0) is 23.8 Å². The molecule has 0 aliphatic rings. The minimum atomic E-state index is -0.169. The Bertz CT molecular complexity index is 2050. The largest absolute Gasteiger partial charge is 0.507 e. The van der Waals surface area contributed by atoms with E-state index in [2.05, 4.69) is 213 Å². The van der Waals surface area contributed by atoms with Crippen LogP contribution >= 0.6 is 0 Å². The van der Waals surface area contributed by atoms with Crippen LogP contribution in [0.4, 0.5) is 39.8 Å². The zero-order valence-electron chi connectivity index (χ0n) is 36.6. The Morgan fingerprint density at radius 1 is 0.632 bits per heavy atom. The molecule has 0 aliphatic carbocycles. The first kappa shape index (κ1) is 43.0. The molecule has 57 heavy (non-hydrogen) atoms. The van der Waals surface area contributed by atoms with Crippen LogP contribution in [0.15, 0.2) is 121 Å². The molecule has 0 radical (unpaired) electrons. The highest BCUT2D eigenvalue weighted by Crippen LogP contribution is 2.39. The molecule has 4 N–H and O–H groups in total. The van der Waals surface area contributed by atoms with E-state index >= 15 is 0 Å². The molecule has 2 unspecified atom stereocenters. The summed E-state index contributed by atoms with van der Waals surface area (Å²) in [6.07, 6.45) is 3.18. The summed E-state index contributed by atoms with van der Waals surface area (Å²) >= 11 is 0. The second-order valence-corrected chi connectivity index (χ2v) is 18.9. The maximum absolute atomic E-state index is 11.6. The van der Waals surface area contributed by atoms with E-state index in [0.717, 1.165) is 70.2 Å². The third-order valence-corrected chi connectivity index (χ3v) is 10.6. The quantitative estimate of drug-likeness (QED) is 0.0754. The van der Waals surface area contributed by atoms with Gasteiger partial charge in [-0.1, -0.05) is 86.1 Å². The molecule has 0 saturated carbocycles. The maximum Gasteiger partial charge on any atom is 0.124 e. The number of phenolic OH excluding ortho intramolecular Hbond substituents is 1. The third-order valence-electron chi connectivity index (χ3n) is 10.6. The molecule has 5 rings (SSSR count). The lowest BCUT2D eigenvalue weighted by molar-refractivity contribution is 0.432. The average molecular weight is 765 g/mol. The fourth-order valence-electron chi connectivity index (χ4n) is 7.62. The minimum absolute atomic E-state index is 0.0279. The Morgan fingerprint density at radius 3 is 1.44 bits per heavy atom. The lowest BCUT2D eigenvalue weighted by Gasteiger charge is -2.34. The van der Waals surface area contributed by atoms with Crippen LogP contribution < -0.4 is 20.9 Å². The van der Waals surface area contributed by atoms with Gasteiger partial charge in [-0.15, -0.1) is 6.58 Å². The molecule has 2 atom stereocenters. The van der Waals surface area contributed by atoms with Gasteiger partial charge in [0.25, 0.3) is 0 Å². The Hall–Kier alpha value is -5.16. The van der Waals surface area contributed by atoms with Gasteiger partial charge in [0.1, 0.15) is 5.75 Å². The van der Waals surface area contributed by atoms with Crippen LogP contribution in [0.3, 0.4) is 0 Å². The predicted molar refractivity (Wildman–Crippen MR) is 249 cm³/mol. The molecule has 5 aromatic rings. The molecule has 0 amide bonds. The van der Waals surface area contributed by atoms with Gasteiger partial charge in [-0.05, 0) is 163 Å². The topological polar surface area (TPSA) is 59.6 Å². The highest BCUT2D eigenvalue weighted by atomic mass is 16.3. The molecule has 0 aliphatic heterocycles. The van der Waals surface area contributed by atoms with E-state index in [0.29, 0.717) is 24.1 Å². The maximum atomic E-state index is 11.6. The second-order valence-electron chi connectivity index (χ2n) is 18.9. The summed E-state index contributed by atoms with van der Waals surface area (Å²) in [6.45, 7) is 29.2. The third kappa shape index (κ3) is 12.4. The van der Waals surface area contributed by atoms with Crippen LogP contribution in [0.25, 0.3) is 0 Å². The molecule has 0 heterocycles. The van der Waals surface area contributed by atoms with Gasteiger partial charge in [0.2, 0.25) is 0 Å². The minimum Gasteiger partial charge on any atom is -0.507 e. The van der Waals surface area contributed by atoms with Crippen LogP contribution in [-0.4, -0.2) is 11.1 Å². The van der Waals surface area contributed by atoms with E-state index in [-0.39, 0.29) is 16.9 Å². The summed E-state index contributed by atoms with van der Waals surface area (Å²) in [5.74, 6) is 1.57. The average Bonchev–Trinajstić information content (AvgIpc) is 3.12. The number of aromatic hydroxyl groups is 1. The normalized spacial score (nSPS) is 12.9. The zero-order chi connectivity index (χ0) is 41.5. The van der Waals surface area contributed by atoms with Crippen molar-refractivity contribution in [1.82, 2.24) is 0 Å². The smallest absolute Gasteiger partial charge is 0.124 e. The van der Waals surface area contributed by atoms with Crippen molar-refractivity contribution in [2.45, 2.75) is 119 Å². The molecular weight excluding hydrogens is 697 g/mol. The first-order valence-corrected chi connectivity index (χ1v) is 20.8. The first-order valence-electron chi connectivity index (χ1n) is 20.8. The van der Waals surface area contributed by atoms with Gasteiger partial charge < -0.3 is 26.0 Å². The molecule has 5 nitrogen and oxygen atoms in total. The van der Waals surface area contributed by atoms with Gasteiger partial charge in [-0.25, -0.2) is 0 Å². The molecule has 0 bridgehead atoms. The van der Waals surface area contributed by atoms with Crippen molar-refractivity contribution in [3.63, 3.8) is 0 Å². The van der Waals surface area contributed by atoms with Crippen molar-refractivity contribution in [2.75, 3.05) is 20.9 Å². The van der Waals surface area contributed by atoms with Crippen LogP contribution in [0.5, 0.6) is 5.75 Å². The molecule has 0 aromatic heterocycles.